The lowest BCUT2D eigenvalue weighted by molar-refractivity contribution is 0.426. The van der Waals surface area contributed by atoms with E-state index in [1.54, 1.807) is 17.4 Å². The Balaban J connectivity index is 2.44. The molecule has 5 heteroatoms. The first kappa shape index (κ1) is 11.2. The summed E-state index contributed by atoms with van der Waals surface area (Å²) in [6, 6.07) is 11.6. The Morgan fingerprint density at radius 2 is 1.88 bits per heavy atom. The molecule has 1 heterocycles. The molecule has 0 aliphatic carbocycles. The van der Waals surface area contributed by atoms with Gasteiger partial charge in [0.2, 0.25) is 0 Å². The average Bonchev–Trinajstić information content (AvgIpc) is 2.67. The monoisotopic (exact) mass is 306 g/mol. The third-order valence-corrected chi connectivity index (χ3v) is 4.56. The highest BCUT2D eigenvalue weighted by Crippen LogP contribution is 2.37. The second-order valence-electron chi connectivity index (χ2n) is 3.84. The van der Waals surface area contributed by atoms with Crippen molar-refractivity contribution in [2.45, 2.75) is 0 Å². The Kier molecular flexibility index (Phi) is 2.71. The molecular weight excluding hydrogens is 299 g/mol. The molecule has 0 saturated heterocycles. The lowest BCUT2D eigenvalue weighted by atomic mass is 9.80. The van der Waals surface area contributed by atoms with Gasteiger partial charge < -0.3 is 10.0 Å². The molecule has 3 aromatic rings. The molecule has 0 bridgehead atoms. The fraction of sp³-hybridized carbons (Fsp3) is 0. The maximum absolute atomic E-state index is 9.21. The first-order chi connectivity index (χ1) is 8.16. The smallest absolute Gasteiger partial charge is 0.423 e. The minimum absolute atomic E-state index is 0.521. The van der Waals surface area contributed by atoms with Crippen LogP contribution >= 0.6 is 27.3 Å². The number of rotatable bonds is 1. The van der Waals surface area contributed by atoms with Crippen LogP contribution in [0, 0.1) is 0 Å². The van der Waals surface area contributed by atoms with E-state index in [0.29, 0.717) is 5.46 Å². The van der Waals surface area contributed by atoms with E-state index in [2.05, 4.69) is 22.0 Å². The molecule has 0 fully saturated rings. The third-order valence-electron chi connectivity index (χ3n) is 2.77. The number of thiophene rings is 1. The molecule has 17 heavy (non-hydrogen) atoms. The van der Waals surface area contributed by atoms with E-state index in [1.807, 2.05) is 24.3 Å². The molecule has 0 radical (unpaired) electrons. The van der Waals surface area contributed by atoms with E-state index in [9.17, 15) is 10.0 Å². The van der Waals surface area contributed by atoms with Crippen molar-refractivity contribution in [3.05, 3.63) is 40.9 Å². The molecule has 0 saturated carbocycles. The number of benzene rings is 2. The van der Waals surface area contributed by atoms with Crippen molar-refractivity contribution in [3.63, 3.8) is 0 Å². The van der Waals surface area contributed by atoms with Crippen LogP contribution in [0.5, 0.6) is 0 Å². The Morgan fingerprint density at radius 1 is 1.06 bits per heavy atom. The Morgan fingerprint density at radius 3 is 2.65 bits per heavy atom. The second-order valence-corrected chi connectivity index (χ2v) is 5.78. The predicted octanol–water partition coefficient (Wildman–Crippen LogP) is 2.50. The highest BCUT2D eigenvalue weighted by atomic mass is 79.9. The summed E-state index contributed by atoms with van der Waals surface area (Å²) in [6.45, 7) is 0. The van der Waals surface area contributed by atoms with Gasteiger partial charge in [0, 0.05) is 24.6 Å². The van der Waals surface area contributed by atoms with Crippen molar-refractivity contribution in [2.75, 3.05) is 0 Å². The minimum Gasteiger partial charge on any atom is -0.423 e. The zero-order valence-corrected chi connectivity index (χ0v) is 11.1. The summed E-state index contributed by atoms with van der Waals surface area (Å²) in [7, 11) is -1.42. The van der Waals surface area contributed by atoms with Crippen LogP contribution in [-0.4, -0.2) is 17.2 Å². The lowest BCUT2D eigenvalue weighted by Crippen LogP contribution is -2.29. The summed E-state index contributed by atoms with van der Waals surface area (Å²) in [6.07, 6.45) is 0. The van der Waals surface area contributed by atoms with Gasteiger partial charge in [-0.15, -0.1) is 11.3 Å². The summed E-state index contributed by atoms with van der Waals surface area (Å²) < 4.78 is 3.38. The highest BCUT2D eigenvalue weighted by Gasteiger charge is 2.14. The molecule has 2 nitrogen and oxygen atoms in total. The molecule has 84 valence electrons. The maximum Gasteiger partial charge on any atom is 0.488 e. The average molecular weight is 307 g/mol. The highest BCUT2D eigenvalue weighted by molar-refractivity contribution is 9.10. The maximum atomic E-state index is 9.21. The lowest BCUT2D eigenvalue weighted by Gasteiger charge is -2.00. The number of fused-ring (bicyclic) bond motifs is 3. The number of halogens is 1. The fourth-order valence-corrected chi connectivity index (χ4v) is 3.79. The van der Waals surface area contributed by atoms with Crippen LogP contribution in [-0.2, 0) is 0 Å². The third kappa shape index (κ3) is 1.79. The van der Waals surface area contributed by atoms with Crippen LogP contribution in [0.3, 0.4) is 0 Å². The summed E-state index contributed by atoms with van der Waals surface area (Å²) in [5.41, 5.74) is 0.521. The number of hydrogen-bond donors (Lipinski definition) is 2. The van der Waals surface area contributed by atoms with Crippen LogP contribution in [0.15, 0.2) is 40.9 Å². The standard InChI is InChI=1S/C12H8BBrO2S/c14-9-2-1-3-11-12(9)8-6-7(13(15)16)4-5-10(8)17-11/h1-6,15-16H. The minimum atomic E-state index is -1.42. The summed E-state index contributed by atoms with van der Waals surface area (Å²) >= 11 is 5.24. The van der Waals surface area contributed by atoms with Crippen molar-refractivity contribution in [2.24, 2.45) is 0 Å². The van der Waals surface area contributed by atoms with Crippen molar-refractivity contribution < 1.29 is 10.0 Å². The first-order valence-electron chi connectivity index (χ1n) is 5.13. The zero-order chi connectivity index (χ0) is 12.0. The van der Waals surface area contributed by atoms with Crippen molar-refractivity contribution >= 4 is 60.0 Å². The van der Waals surface area contributed by atoms with Gasteiger partial charge in [0.15, 0.2) is 0 Å². The van der Waals surface area contributed by atoms with E-state index in [1.165, 1.54) is 4.70 Å². The topological polar surface area (TPSA) is 40.5 Å². The second kappa shape index (κ2) is 4.10. The van der Waals surface area contributed by atoms with Crippen molar-refractivity contribution in [1.82, 2.24) is 0 Å². The first-order valence-corrected chi connectivity index (χ1v) is 6.74. The molecule has 0 aliphatic rings. The van der Waals surface area contributed by atoms with E-state index in [-0.39, 0.29) is 0 Å². The fourth-order valence-electron chi connectivity index (χ4n) is 1.96. The van der Waals surface area contributed by atoms with E-state index >= 15 is 0 Å². The molecular formula is C12H8BBrO2S. The normalized spacial score (nSPS) is 11.2. The van der Waals surface area contributed by atoms with Gasteiger partial charge in [-0.3, -0.25) is 0 Å². The van der Waals surface area contributed by atoms with Gasteiger partial charge in [0.1, 0.15) is 0 Å². The van der Waals surface area contributed by atoms with Gasteiger partial charge in [0.25, 0.3) is 0 Å². The summed E-state index contributed by atoms with van der Waals surface area (Å²) in [4.78, 5) is 0. The largest absolute Gasteiger partial charge is 0.488 e. The van der Waals surface area contributed by atoms with E-state index in [0.717, 1.165) is 19.9 Å². The molecule has 0 amide bonds. The van der Waals surface area contributed by atoms with Crippen LogP contribution in [0.2, 0.25) is 0 Å². The van der Waals surface area contributed by atoms with Gasteiger partial charge in [-0.25, -0.2) is 0 Å². The molecule has 0 spiro atoms. The van der Waals surface area contributed by atoms with E-state index in [4.69, 9.17) is 0 Å². The molecule has 1 aromatic heterocycles. The van der Waals surface area contributed by atoms with Crippen LogP contribution in [0.4, 0.5) is 0 Å². The number of hydrogen-bond acceptors (Lipinski definition) is 3. The SMILES string of the molecule is OB(O)c1ccc2sc3cccc(Br)c3c2c1. The van der Waals surface area contributed by atoms with Gasteiger partial charge in [-0.2, -0.15) is 0 Å². The van der Waals surface area contributed by atoms with Crippen LogP contribution < -0.4 is 5.46 Å². The zero-order valence-electron chi connectivity index (χ0n) is 8.72. The molecule has 2 N–H and O–H groups in total. The summed E-state index contributed by atoms with van der Waals surface area (Å²) in [5, 5.41) is 20.6. The quantitative estimate of drug-likeness (QED) is 0.678. The predicted molar refractivity (Wildman–Crippen MR) is 76.9 cm³/mol. The summed E-state index contributed by atoms with van der Waals surface area (Å²) in [5.74, 6) is 0. The van der Waals surface area contributed by atoms with Crippen LogP contribution in [0.1, 0.15) is 0 Å². The van der Waals surface area contributed by atoms with Crippen molar-refractivity contribution in [3.8, 4) is 0 Å². The molecule has 3 rings (SSSR count). The van der Waals surface area contributed by atoms with Gasteiger partial charge in [-0.1, -0.05) is 34.1 Å². The van der Waals surface area contributed by atoms with Gasteiger partial charge in [-0.05, 0) is 23.7 Å². The van der Waals surface area contributed by atoms with Gasteiger partial charge >= 0.3 is 7.12 Å². The molecule has 0 atom stereocenters. The van der Waals surface area contributed by atoms with Crippen LogP contribution in [0.25, 0.3) is 20.2 Å². The molecule has 0 unspecified atom stereocenters. The van der Waals surface area contributed by atoms with Crippen molar-refractivity contribution in [1.29, 1.82) is 0 Å². The Labute approximate surface area is 111 Å². The Bertz CT molecular complexity index is 708. The van der Waals surface area contributed by atoms with Gasteiger partial charge in [0.05, 0.1) is 0 Å². The Hall–Kier alpha value is -0.875. The van der Waals surface area contributed by atoms with E-state index < -0.39 is 7.12 Å². The molecule has 0 aliphatic heterocycles. The molecule has 2 aromatic carbocycles.